The van der Waals surface area contributed by atoms with Crippen LogP contribution in [0.1, 0.15) is 81.1 Å². The Morgan fingerprint density at radius 1 is 0.862 bits per heavy atom. The number of hydrogen-bond donors (Lipinski definition) is 0. The molecule has 0 aromatic heterocycles. The van der Waals surface area contributed by atoms with Crippen molar-refractivity contribution in [1.29, 1.82) is 0 Å². The smallest absolute Gasteiger partial charge is 0.343 e. The molecule has 2 aromatic carbocycles. The Hall–Kier alpha value is -2.36. The Balaban J connectivity index is 1.81. The molecule has 0 atom stereocenters. The maximum Gasteiger partial charge on any atom is 0.343 e. The lowest BCUT2D eigenvalue weighted by atomic mass is 10.1. The molecule has 0 aliphatic carbocycles. The number of ether oxygens (including phenoxy) is 2. The van der Waals surface area contributed by atoms with Gasteiger partial charge >= 0.3 is 5.97 Å². The lowest BCUT2D eigenvalue weighted by Crippen LogP contribution is -2.09. The molecular weight excluding hydrogens is 367 g/mol. The molecule has 0 spiro atoms. The molecule has 2 rings (SSSR count). The molecule has 0 saturated carbocycles. The van der Waals surface area contributed by atoms with Gasteiger partial charge in [0.15, 0.2) is 11.6 Å². The van der Waals surface area contributed by atoms with Gasteiger partial charge in [-0.25, -0.2) is 9.18 Å². The third-order valence-corrected chi connectivity index (χ3v) is 4.88. The first kappa shape index (κ1) is 22.9. The average molecular weight is 401 g/mol. The third-order valence-electron chi connectivity index (χ3n) is 4.88. The first-order chi connectivity index (χ1) is 14.1. The zero-order valence-corrected chi connectivity index (χ0v) is 17.7. The van der Waals surface area contributed by atoms with Crippen LogP contribution in [-0.4, -0.2) is 12.6 Å². The van der Waals surface area contributed by atoms with Crippen LogP contribution in [0, 0.1) is 5.82 Å². The second-order valence-corrected chi connectivity index (χ2v) is 7.40. The van der Waals surface area contributed by atoms with Crippen molar-refractivity contribution in [1.82, 2.24) is 0 Å². The van der Waals surface area contributed by atoms with Crippen molar-refractivity contribution in [2.24, 2.45) is 0 Å². The molecule has 0 fully saturated rings. The first-order valence-electron chi connectivity index (χ1n) is 10.9. The molecule has 0 unspecified atom stereocenters. The Labute approximate surface area is 174 Å². The molecule has 2 aromatic rings. The fourth-order valence-electron chi connectivity index (χ4n) is 3.08. The van der Waals surface area contributed by atoms with Gasteiger partial charge in [0, 0.05) is 6.07 Å². The second kappa shape index (κ2) is 13.0. The average Bonchev–Trinajstić information content (AvgIpc) is 2.73. The summed E-state index contributed by atoms with van der Waals surface area (Å²) in [5.41, 5.74) is 1.65. The quantitative estimate of drug-likeness (QED) is 0.204. The summed E-state index contributed by atoms with van der Waals surface area (Å²) < 4.78 is 25.1. The van der Waals surface area contributed by atoms with E-state index in [1.165, 1.54) is 43.4 Å². The predicted octanol–water partition coefficient (Wildman–Crippen LogP) is 7.13. The van der Waals surface area contributed by atoms with Crippen molar-refractivity contribution in [3.8, 4) is 11.5 Å². The van der Waals surface area contributed by atoms with E-state index in [0.717, 1.165) is 32.1 Å². The van der Waals surface area contributed by atoms with Crippen LogP contribution >= 0.6 is 0 Å². The van der Waals surface area contributed by atoms with Gasteiger partial charge in [0.1, 0.15) is 5.75 Å². The molecule has 158 valence electrons. The summed E-state index contributed by atoms with van der Waals surface area (Å²) in [5.74, 6) is -0.642. The maximum atomic E-state index is 14.2. The minimum atomic E-state index is -0.517. The van der Waals surface area contributed by atoms with Crippen LogP contribution in [0.5, 0.6) is 11.5 Å². The molecule has 0 bridgehead atoms. The largest absolute Gasteiger partial charge is 0.491 e. The summed E-state index contributed by atoms with van der Waals surface area (Å²) in [6.07, 6.45) is 10.2. The highest BCUT2D eigenvalue weighted by atomic mass is 19.1. The summed E-state index contributed by atoms with van der Waals surface area (Å²) >= 11 is 0. The molecule has 0 aliphatic rings. The van der Waals surface area contributed by atoms with Gasteiger partial charge in [-0.3, -0.25) is 0 Å². The molecule has 0 amide bonds. The van der Waals surface area contributed by atoms with Gasteiger partial charge in [-0.05, 0) is 49.1 Å². The van der Waals surface area contributed by atoms with Crippen LogP contribution in [0.4, 0.5) is 4.39 Å². The van der Waals surface area contributed by atoms with Gasteiger partial charge in [0.05, 0.1) is 12.2 Å². The topological polar surface area (TPSA) is 35.5 Å². The van der Waals surface area contributed by atoms with Crippen LogP contribution in [0.15, 0.2) is 42.5 Å². The lowest BCUT2D eigenvalue weighted by molar-refractivity contribution is 0.0734. The number of esters is 1. The molecule has 0 N–H and O–H groups in total. The number of benzene rings is 2. The Morgan fingerprint density at radius 3 is 2.24 bits per heavy atom. The van der Waals surface area contributed by atoms with E-state index in [9.17, 15) is 9.18 Å². The van der Waals surface area contributed by atoms with Crippen LogP contribution < -0.4 is 9.47 Å². The molecular formula is C25H33FO3. The van der Waals surface area contributed by atoms with Gasteiger partial charge in [-0.1, -0.05) is 64.5 Å². The predicted molar refractivity (Wildman–Crippen MR) is 115 cm³/mol. The molecule has 29 heavy (non-hydrogen) atoms. The van der Waals surface area contributed by atoms with E-state index in [1.807, 2.05) is 12.1 Å². The maximum absolute atomic E-state index is 14.2. The zero-order chi connectivity index (χ0) is 20.9. The van der Waals surface area contributed by atoms with Gasteiger partial charge in [-0.15, -0.1) is 0 Å². The summed E-state index contributed by atoms with van der Waals surface area (Å²) in [5, 5.41) is 0. The van der Waals surface area contributed by atoms with Crippen molar-refractivity contribution in [2.45, 2.75) is 71.6 Å². The van der Waals surface area contributed by atoms with E-state index in [4.69, 9.17) is 9.47 Å². The fraction of sp³-hybridized carbons (Fsp3) is 0.480. The minimum Gasteiger partial charge on any atom is -0.491 e. The second-order valence-electron chi connectivity index (χ2n) is 7.40. The number of carbonyl (C=O) groups is 1. The highest BCUT2D eigenvalue weighted by molar-refractivity contribution is 5.91. The van der Waals surface area contributed by atoms with E-state index < -0.39 is 11.8 Å². The van der Waals surface area contributed by atoms with Gasteiger partial charge in [0.2, 0.25) is 0 Å². The number of rotatable bonds is 13. The SMILES string of the molecule is CCCCCCCCOc1ccc(OC(=O)c2ccc(CCCC)cc2)cc1F. The molecule has 0 saturated heterocycles. The normalized spacial score (nSPS) is 10.7. The van der Waals surface area contributed by atoms with Gasteiger partial charge in [0.25, 0.3) is 0 Å². The van der Waals surface area contributed by atoms with Crippen molar-refractivity contribution >= 4 is 5.97 Å². The van der Waals surface area contributed by atoms with E-state index >= 15 is 0 Å². The number of carbonyl (C=O) groups excluding carboxylic acids is 1. The Bertz CT molecular complexity index is 740. The van der Waals surface area contributed by atoms with Crippen LogP contribution in [0.25, 0.3) is 0 Å². The van der Waals surface area contributed by atoms with E-state index in [0.29, 0.717) is 12.2 Å². The Kier molecular flexibility index (Phi) is 10.3. The standard InChI is InChI=1S/C25H33FO3/c1-3-5-7-8-9-10-18-28-24-17-16-22(19-23(24)26)29-25(27)21-14-12-20(13-15-21)11-6-4-2/h12-17,19H,3-11,18H2,1-2H3. The third kappa shape index (κ3) is 8.26. The van der Waals surface area contributed by atoms with Crippen LogP contribution in [0.3, 0.4) is 0 Å². The van der Waals surface area contributed by atoms with Crippen LogP contribution in [-0.2, 0) is 6.42 Å². The fourth-order valence-corrected chi connectivity index (χ4v) is 3.08. The Morgan fingerprint density at radius 2 is 1.55 bits per heavy atom. The van der Waals surface area contributed by atoms with E-state index in [2.05, 4.69) is 13.8 Å². The zero-order valence-electron chi connectivity index (χ0n) is 17.7. The molecule has 3 nitrogen and oxygen atoms in total. The highest BCUT2D eigenvalue weighted by Gasteiger charge is 2.11. The van der Waals surface area contributed by atoms with Crippen molar-refractivity contribution in [3.63, 3.8) is 0 Å². The van der Waals surface area contributed by atoms with E-state index in [1.54, 1.807) is 18.2 Å². The lowest BCUT2D eigenvalue weighted by Gasteiger charge is -2.09. The molecule has 0 radical (unpaired) electrons. The van der Waals surface area contributed by atoms with Crippen molar-refractivity contribution < 1.29 is 18.7 Å². The molecule has 4 heteroatoms. The highest BCUT2D eigenvalue weighted by Crippen LogP contribution is 2.24. The van der Waals surface area contributed by atoms with Crippen molar-refractivity contribution in [2.75, 3.05) is 6.61 Å². The minimum absolute atomic E-state index is 0.175. The van der Waals surface area contributed by atoms with Gasteiger partial charge < -0.3 is 9.47 Å². The number of halogens is 1. The van der Waals surface area contributed by atoms with Gasteiger partial charge in [-0.2, -0.15) is 0 Å². The monoisotopic (exact) mass is 400 g/mol. The first-order valence-corrected chi connectivity index (χ1v) is 10.9. The summed E-state index contributed by atoms with van der Waals surface area (Å²) in [7, 11) is 0. The molecule has 0 aliphatic heterocycles. The number of unbranched alkanes of at least 4 members (excludes halogenated alkanes) is 6. The summed E-state index contributed by atoms with van der Waals surface area (Å²) in [6.45, 7) is 4.83. The van der Waals surface area contributed by atoms with E-state index in [-0.39, 0.29) is 11.5 Å². The summed E-state index contributed by atoms with van der Waals surface area (Å²) in [6, 6.07) is 11.7. The number of aryl methyl sites for hydroxylation is 1. The summed E-state index contributed by atoms with van der Waals surface area (Å²) in [4.78, 5) is 12.3. The van der Waals surface area contributed by atoms with Crippen LogP contribution in [0.2, 0.25) is 0 Å². The van der Waals surface area contributed by atoms with Crippen molar-refractivity contribution in [3.05, 3.63) is 59.4 Å². The number of hydrogen-bond acceptors (Lipinski definition) is 3. The molecule has 0 heterocycles.